The normalized spacial score (nSPS) is 31.3. The number of amides is 1. The van der Waals surface area contributed by atoms with Crippen molar-refractivity contribution in [3.8, 4) is 0 Å². The molecule has 1 amide bonds. The SMILES string of the molecule is CN(CC1CCC1)C(=O)C1(C)CCNC1. The zero-order valence-corrected chi connectivity index (χ0v) is 9.88. The Morgan fingerprint density at radius 2 is 2.27 bits per heavy atom. The maximum absolute atomic E-state index is 12.2. The van der Waals surface area contributed by atoms with Crippen LogP contribution in [-0.2, 0) is 4.79 Å². The third-order valence-corrected chi connectivity index (χ3v) is 3.99. The molecule has 0 spiro atoms. The Morgan fingerprint density at radius 3 is 2.73 bits per heavy atom. The van der Waals surface area contributed by atoms with E-state index in [1.807, 2.05) is 11.9 Å². The van der Waals surface area contributed by atoms with Crippen LogP contribution in [0.5, 0.6) is 0 Å². The lowest BCUT2D eigenvalue weighted by Gasteiger charge is -2.34. The molecule has 1 saturated carbocycles. The topological polar surface area (TPSA) is 32.3 Å². The number of nitrogens with one attached hydrogen (secondary N) is 1. The van der Waals surface area contributed by atoms with E-state index in [-0.39, 0.29) is 5.41 Å². The molecule has 1 unspecified atom stereocenters. The van der Waals surface area contributed by atoms with E-state index in [9.17, 15) is 4.79 Å². The van der Waals surface area contributed by atoms with Gasteiger partial charge in [0.25, 0.3) is 0 Å². The second kappa shape index (κ2) is 4.12. The molecule has 1 heterocycles. The van der Waals surface area contributed by atoms with E-state index in [4.69, 9.17) is 0 Å². The predicted molar refractivity (Wildman–Crippen MR) is 60.6 cm³/mol. The first-order valence-corrected chi connectivity index (χ1v) is 6.08. The molecule has 86 valence electrons. The summed E-state index contributed by atoms with van der Waals surface area (Å²) in [4.78, 5) is 14.2. The highest BCUT2D eigenvalue weighted by atomic mass is 16.2. The van der Waals surface area contributed by atoms with Crippen molar-refractivity contribution in [2.75, 3.05) is 26.7 Å². The molecule has 0 radical (unpaired) electrons. The number of nitrogens with zero attached hydrogens (tertiary/aromatic N) is 1. The largest absolute Gasteiger partial charge is 0.345 e. The highest BCUT2D eigenvalue weighted by Crippen LogP contribution is 2.30. The lowest BCUT2D eigenvalue weighted by atomic mass is 9.83. The van der Waals surface area contributed by atoms with Gasteiger partial charge in [-0.25, -0.2) is 0 Å². The highest BCUT2D eigenvalue weighted by molar-refractivity contribution is 5.82. The quantitative estimate of drug-likeness (QED) is 0.760. The van der Waals surface area contributed by atoms with Gasteiger partial charge in [0, 0.05) is 20.1 Å². The number of carbonyl (C=O) groups excluding carboxylic acids is 1. The second-order valence-electron chi connectivity index (χ2n) is 5.47. The summed E-state index contributed by atoms with van der Waals surface area (Å²) >= 11 is 0. The van der Waals surface area contributed by atoms with Crippen LogP contribution in [0.25, 0.3) is 0 Å². The Kier molecular flexibility index (Phi) is 3.01. The molecule has 2 rings (SSSR count). The van der Waals surface area contributed by atoms with Gasteiger partial charge in [0.1, 0.15) is 0 Å². The first kappa shape index (κ1) is 10.9. The Bertz CT molecular complexity index is 242. The van der Waals surface area contributed by atoms with Gasteiger partial charge in [0.15, 0.2) is 0 Å². The van der Waals surface area contributed by atoms with Crippen molar-refractivity contribution in [2.45, 2.75) is 32.6 Å². The van der Waals surface area contributed by atoms with Gasteiger partial charge in [0.05, 0.1) is 5.41 Å². The van der Waals surface area contributed by atoms with E-state index in [1.54, 1.807) is 0 Å². The summed E-state index contributed by atoms with van der Waals surface area (Å²) in [7, 11) is 1.96. The van der Waals surface area contributed by atoms with Gasteiger partial charge in [-0.3, -0.25) is 4.79 Å². The van der Waals surface area contributed by atoms with Gasteiger partial charge in [-0.1, -0.05) is 6.42 Å². The van der Waals surface area contributed by atoms with E-state index in [2.05, 4.69) is 12.2 Å². The van der Waals surface area contributed by atoms with Crippen molar-refractivity contribution in [1.82, 2.24) is 10.2 Å². The summed E-state index contributed by atoms with van der Waals surface area (Å²) < 4.78 is 0. The molecule has 3 nitrogen and oxygen atoms in total. The third-order valence-electron chi connectivity index (χ3n) is 3.99. The van der Waals surface area contributed by atoms with E-state index in [0.29, 0.717) is 5.91 Å². The van der Waals surface area contributed by atoms with Gasteiger partial charge in [-0.2, -0.15) is 0 Å². The van der Waals surface area contributed by atoms with Crippen LogP contribution in [0.3, 0.4) is 0 Å². The van der Waals surface area contributed by atoms with Crippen LogP contribution >= 0.6 is 0 Å². The van der Waals surface area contributed by atoms with E-state index in [0.717, 1.165) is 32.0 Å². The molecular weight excluding hydrogens is 188 g/mol. The zero-order chi connectivity index (χ0) is 10.9. The van der Waals surface area contributed by atoms with Gasteiger partial charge in [0.2, 0.25) is 5.91 Å². The zero-order valence-electron chi connectivity index (χ0n) is 9.88. The fourth-order valence-electron chi connectivity index (χ4n) is 2.61. The summed E-state index contributed by atoms with van der Waals surface area (Å²) in [6, 6.07) is 0. The molecule has 2 fully saturated rings. The average Bonchev–Trinajstić information content (AvgIpc) is 2.58. The lowest BCUT2D eigenvalue weighted by Crippen LogP contribution is -2.44. The third kappa shape index (κ3) is 2.17. The van der Waals surface area contributed by atoms with Gasteiger partial charge >= 0.3 is 0 Å². The summed E-state index contributed by atoms with van der Waals surface area (Å²) in [5.74, 6) is 1.11. The molecule has 1 saturated heterocycles. The van der Waals surface area contributed by atoms with E-state index >= 15 is 0 Å². The van der Waals surface area contributed by atoms with Crippen molar-refractivity contribution in [3.05, 3.63) is 0 Å². The monoisotopic (exact) mass is 210 g/mol. The van der Waals surface area contributed by atoms with Crippen LogP contribution < -0.4 is 5.32 Å². The standard InChI is InChI=1S/C12H22N2O/c1-12(6-7-13-9-12)11(15)14(2)8-10-4-3-5-10/h10,13H,3-9H2,1-2H3. The van der Waals surface area contributed by atoms with Crippen LogP contribution in [0.1, 0.15) is 32.6 Å². The first-order chi connectivity index (χ1) is 7.12. The van der Waals surface area contributed by atoms with Crippen LogP contribution in [-0.4, -0.2) is 37.5 Å². The minimum Gasteiger partial charge on any atom is -0.345 e. The Morgan fingerprint density at radius 1 is 1.53 bits per heavy atom. The maximum Gasteiger partial charge on any atom is 0.229 e. The molecule has 1 aliphatic heterocycles. The van der Waals surface area contributed by atoms with Crippen molar-refractivity contribution in [2.24, 2.45) is 11.3 Å². The predicted octanol–water partition coefficient (Wildman–Crippen LogP) is 1.24. The van der Waals surface area contributed by atoms with Crippen LogP contribution in [0, 0.1) is 11.3 Å². The minimum atomic E-state index is -0.140. The lowest BCUT2D eigenvalue weighted by molar-refractivity contribution is -0.139. The number of hydrogen-bond acceptors (Lipinski definition) is 2. The fraction of sp³-hybridized carbons (Fsp3) is 0.917. The van der Waals surface area contributed by atoms with Crippen LogP contribution in [0.4, 0.5) is 0 Å². The Hall–Kier alpha value is -0.570. The summed E-state index contributed by atoms with van der Waals surface area (Å²) in [6.07, 6.45) is 4.96. The molecule has 1 N–H and O–H groups in total. The van der Waals surface area contributed by atoms with Gasteiger partial charge < -0.3 is 10.2 Å². The van der Waals surface area contributed by atoms with E-state index < -0.39 is 0 Å². The molecule has 2 aliphatic rings. The molecule has 1 atom stereocenters. The van der Waals surface area contributed by atoms with Crippen molar-refractivity contribution in [1.29, 1.82) is 0 Å². The van der Waals surface area contributed by atoms with E-state index in [1.165, 1.54) is 19.3 Å². The van der Waals surface area contributed by atoms with Gasteiger partial charge in [-0.15, -0.1) is 0 Å². The molecule has 3 heteroatoms. The Balaban J connectivity index is 1.88. The Labute approximate surface area is 92.2 Å². The van der Waals surface area contributed by atoms with Crippen molar-refractivity contribution in [3.63, 3.8) is 0 Å². The average molecular weight is 210 g/mol. The highest BCUT2D eigenvalue weighted by Gasteiger charge is 2.38. The molecule has 0 aromatic heterocycles. The van der Waals surface area contributed by atoms with Crippen molar-refractivity contribution < 1.29 is 4.79 Å². The molecule has 15 heavy (non-hydrogen) atoms. The number of hydrogen-bond donors (Lipinski definition) is 1. The first-order valence-electron chi connectivity index (χ1n) is 6.08. The maximum atomic E-state index is 12.2. The summed E-state index contributed by atoms with van der Waals surface area (Å²) in [6.45, 7) is 4.89. The van der Waals surface area contributed by atoms with Crippen molar-refractivity contribution >= 4 is 5.91 Å². The number of rotatable bonds is 3. The smallest absolute Gasteiger partial charge is 0.229 e. The van der Waals surface area contributed by atoms with Crippen LogP contribution in [0.2, 0.25) is 0 Å². The van der Waals surface area contributed by atoms with Gasteiger partial charge in [-0.05, 0) is 38.6 Å². The minimum absolute atomic E-state index is 0.140. The summed E-state index contributed by atoms with van der Waals surface area (Å²) in [5.41, 5.74) is -0.140. The molecule has 1 aliphatic carbocycles. The molecule has 0 aromatic carbocycles. The number of carbonyl (C=O) groups is 1. The summed E-state index contributed by atoms with van der Waals surface area (Å²) in [5, 5.41) is 3.28. The van der Waals surface area contributed by atoms with Crippen LogP contribution in [0.15, 0.2) is 0 Å². The molecule has 0 bridgehead atoms. The molecule has 0 aromatic rings. The molecular formula is C12H22N2O. The fourth-order valence-corrected chi connectivity index (χ4v) is 2.61. The second-order valence-corrected chi connectivity index (χ2v) is 5.47.